The maximum Gasteiger partial charge on any atom is 0.347 e. The van der Waals surface area contributed by atoms with Crippen LogP contribution in [0.1, 0.15) is 46.2 Å². The first-order valence-corrected chi connectivity index (χ1v) is 8.39. The normalized spacial score (nSPS) is 10.6. The number of carbonyl (C=O) groups is 1. The first-order valence-electron chi connectivity index (χ1n) is 7.58. The summed E-state index contributed by atoms with van der Waals surface area (Å²) in [6, 6.07) is 7.98. The van der Waals surface area contributed by atoms with Crippen LogP contribution >= 0.6 is 11.3 Å². The van der Waals surface area contributed by atoms with Crippen LogP contribution in [0.2, 0.25) is 0 Å². The van der Waals surface area contributed by atoms with Crippen LogP contribution in [-0.4, -0.2) is 22.7 Å². The molecule has 118 valence electrons. The third-order valence-corrected chi connectivity index (χ3v) is 4.50. The van der Waals surface area contributed by atoms with Gasteiger partial charge in [0.05, 0.1) is 17.3 Å². The van der Waals surface area contributed by atoms with Gasteiger partial charge < -0.3 is 9.84 Å². The van der Waals surface area contributed by atoms with Gasteiger partial charge in [-0.15, -0.1) is 11.3 Å². The van der Waals surface area contributed by atoms with Crippen LogP contribution in [0.25, 0.3) is 0 Å². The number of thiazole rings is 1. The zero-order valence-corrected chi connectivity index (χ0v) is 13.8. The van der Waals surface area contributed by atoms with Crippen LogP contribution in [0, 0.1) is 0 Å². The Bertz CT molecular complexity index is 637. The van der Waals surface area contributed by atoms with Gasteiger partial charge in [-0.25, -0.2) is 9.78 Å². The van der Waals surface area contributed by atoms with Gasteiger partial charge in [0, 0.05) is 6.42 Å². The number of benzene rings is 1. The largest absolute Gasteiger partial charge is 0.493 e. The van der Waals surface area contributed by atoms with Crippen LogP contribution in [-0.2, 0) is 19.3 Å². The van der Waals surface area contributed by atoms with E-state index in [0.717, 1.165) is 23.6 Å². The molecule has 0 unspecified atom stereocenters. The van der Waals surface area contributed by atoms with Crippen LogP contribution in [0.4, 0.5) is 0 Å². The molecule has 0 saturated heterocycles. The second-order valence-corrected chi connectivity index (χ2v) is 6.08. The molecule has 0 atom stereocenters. The molecule has 2 aromatic rings. The number of aryl methyl sites for hydroxylation is 2. The van der Waals surface area contributed by atoms with Crippen molar-refractivity contribution in [2.24, 2.45) is 0 Å². The van der Waals surface area contributed by atoms with E-state index in [1.807, 2.05) is 25.1 Å². The molecule has 0 aliphatic rings. The monoisotopic (exact) mass is 319 g/mol. The molecule has 1 aromatic heterocycles. The van der Waals surface area contributed by atoms with Crippen molar-refractivity contribution in [1.29, 1.82) is 0 Å². The van der Waals surface area contributed by atoms with E-state index in [-0.39, 0.29) is 0 Å². The maximum atomic E-state index is 11.2. The quantitative estimate of drug-likeness (QED) is 0.799. The van der Waals surface area contributed by atoms with Crippen LogP contribution in [0.3, 0.4) is 0 Å². The molecule has 4 nitrogen and oxygen atoms in total. The summed E-state index contributed by atoms with van der Waals surface area (Å²) in [4.78, 5) is 16.0. The number of aromatic nitrogens is 1. The topological polar surface area (TPSA) is 59.4 Å². The molecular weight excluding hydrogens is 298 g/mol. The minimum atomic E-state index is -0.885. The number of carboxylic acids is 1. The zero-order valence-electron chi connectivity index (χ0n) is 13.0. The van der Waals surface area contributed by atoms with Gasteiger partial charge in [0.15, 0.2) is 0 Å². The number of nitrogens with zero attached hydrogens (tertiary/aromatic N) is 1. The Morgan fingerprint density at radius 3 is 2.73 bits per heavy atom. The molecule has 0 spiro atoms. The van der Waals surface area contributed by atoms with Crippen LogP contribution in [0.15, 0.2) is 24.3 Å². The summed E-state index contributed by atoms with van der Waals surface area (Å²) in [6.07, 6.45) is 3.16. The molecule has 0 amide bonds. The van der Waals surface area contributed by atoms with Gasteiger partial charge in [0.2, 0.25) is 0 Å². The van der Waals surface area contributed by atoms with Gasteiger partial charge in [0.25, 0.3) is 0 Å². The molecule has 0 bridgehead atoms. The molecule has 0 radical (unpaired) electrons. The summed E-state index contributed by atoms with van der Waals surface area (Å²) in [5.41, 5.74) is 1.88. The molecule has 2 rings (SSSR count). The smallest absolute Gasteiger partial charge is 0.347 e. The molecular formula is C17H21NO3S. The molecule has 22 heavy (non-hydrogen) atoms. The van der Waals surface area contributed by atoms with Crippen molar-refractivity contribution in [2.75, 3.05) is 6.61 Å². The van der Waals surface area contributed by atoms with Crippen LogP contribution in [0.5, 0.6) is 5.75 Å². The molecule has 5 heteroatoms. The number of hydrogen-bond donors (Lipinski definition) is 1. The molecule has 0 saturated carbocycles. The average molecular weight is 319 g/mol. The van der Waals surface area contributed by atoms with Gasteiger partial charge in [0.1, 0.15) is 10.6 Å². The molecule has 1 heterocycles. The van der Waals surface area contributed by atoms with Gasteiger partial charge >= 0.3 is 5.97 Å². The third kappa shape index (κ3) is 4.07. The maximum absolute atomic E-state index is 11.2. The number of aromatic carboxylic acids is 1. The number of ether oxygens (including phenoxy) is 1. The fourth-order valence-corrected chi connectivity index (χ4v) is 3.20. The molecule has 1 N–H and O–H groups in total. The van der Waals surface area contributed by atoms with E-state index in [2.05, 4.69) is 18.0 Å². The van der Waals surface area contributed by atoms with Crippen LogP contribution < -0.4 is 4.74 Å². The van der Waals surface area contributed by atoms with Crippen molar-refractivity contribution < 1.29 is 14.6 Å². The second-order valence-electron chi connectivity index (χ2n) is 5.00. The van der Waals surface area contributed by atoms with Crippen molar-refractivity contribution >= 4 is 17.3 Å². The number of hydrogen-bond acceptors (Lipinski definition) is 4. The molecule has 1 aromatic carbocycles. The van der Waals surface area contributed by atoms with Gasteiger partial charge in [-0.1, -0.05) is 38.5 Å². The van der Waals surface area contributed by atoms with Gasteiger partial charge in [-0.05, 0) is 24.5 Å². The Kier molecular flexibility index (Phi) is 5.95. The lowest BCUT2D eigenvalue weighted by molar-refractivity contribution is 0.0700. The molecule has 0 fully saturated rings. The lowest BCUT2D eigenvalue weighted by atomic mass is 10.1. The predicted octanol–water partition coefficient (Wildman–Crippen LogP) is 3.98. The van der Waals surface area contributed by atoms with E-state index < -0.39 is 5.97 Å². The zero-order chi connectivity index (χ0) is 15.9. The second kappa shape index (κ2) is 7.94. The van der Waals surface area contributed by atoms with E-state index in [1.54, 1.807) is 0 Å². The Hall–Kier alpha value is -1.88. The number of rotatable bonds is 8. The number of para-hydroxylation sites is 1. The van der Waals surface area contributed by atoms with Gasteiger partial charge in [-0.2, -0.15) is 0 Å². The van der Waals surface area contributed by atoms with Crippen molar-refractivity contribution in [1.82, 2.24) is 4.98 Å². The van der Waals surface area contributed by atoms with E-state index in [4.69, 9.17) is 4.74 Å². The molecule has 0 aliphatic heterocycles. The SMILES string of the molecule is CCCc1nc(CCOc2ccccc2CC)sc1C(=O)O. The van der Waals surface area contributed by atoms with Crippen molar-refractivity contribution in [2.45, 2.75) is 39.5 Å². The highest BCUT2D eigenvalue weighted by atomic mass is 32.1. The Morgan fingerprint density at radius 2 is 2.05 bits per heavy atom. The number of carboxylic acid groups (broad SMARTS) is 1. The summed E-state index contributed by atoms with van der Waals surface area (Å²) in [5.74, 6) is 0.0123. The van der Waals surface area contributed by atoms with E-state index in [9.17, 15) is 9.90 Å². The summed E-state index contributed by atoms with van der Waals surface area (Å²) in [7, 11) is 0. The standard InChI is InChI=1S/C17H21NO3S/c1-3-7-13-16(17(19)20)22-15(18-13)10-11-21-14-9-6-5-8-12(14)4-2/h5-6,8-9H,3-4,7,10-11H2,1-2H3,(H,19,20). The lowest BCUT2D eigenvalue weighted by Gasteiger charge is -2.09. The summed E-state index contributed by atoms with van der Waals surface area (Å²) < 4.78 is 5.82. The fraction of sp³-hybridized carbons (Fsp3) is 0.412. The summed E-state index contributed by atoms with van der Waals surface area (Å²) in [5, 5.41) is 10.0. The van der Waals surface area contributed by atoms with E-state index in [0.29, 0.717) is 30.0 Å². The lowest BCUT2D eigenvalue weighted by Crippen LogP contribution is -2.03. The highest BCUT2D eigenvalue weighted by Crippen LogP contribution is 2.22. The fourth-order valence-electron chi connectivity index (χ4n) is 2.27. The van der Waals surface area contributed by atoms with Crippen molar-refractivity contribution in [3.8, 4) is 5.75 Å². The minimum Gasteiger partial charge on any atom is -0.493 e. The Morgan fingerprint density at radius 1 is 1.27 bits per heavy atom. The first-order chi connectivity index (χ1) is 10.7. The van der Waals surface area contributed by atoms with Crippen molar-refractivity contribution in [3.05, 3.63) is 45.4 Å². The third-order valence-electron chi connectivity index (χ3n) is 3.35. The predicted molar refractivity (Wildman–Crippen MR) is 88.1 cm³/mol. The van der Waals surface area contributed by atoms with Gasteiger partial charge in [-0.3, -0.25) is 0 Å². The summed E-state index contributed by atoms with van der Waals surface area (Å²) >= 11 is 1.26. The Balaban J connectivity index is 1.99. The van der Waals surface area contributed by atoms with E-state index in [1.165, 1.54) is 16.9 Å². The minimum absolute atomic E-state index is 0.366. The highest BCUT2D eigenvalue weighted by molar-refractivity contribution is 7.13. The van der Waals surface area contributed by atoms with E-state index >= 15 is 0 Å². The highest BCUT2D eigenvalue weighted by Gasteiger charge is 2.16. The Labute approximate surface area is 134 Å². The molecule has 0 aliphatic carbocycles. The summed E-state index contributed by atoms with van der Waals surface area (Å²) in [6.45, 7) is 4.63. The first kappa shape index (κ1) is 16.5. The van der Waals surface area contributed by atoms with Crippen molar-refractivity contribution in [3.63, 3.8) is 0 Å². The average Bonchev–Trinajstić information content (AvgIpc) is 2.91.